The van der Waals surface area contributed by atoms with E-state index >= 15 is 0 Å². The third-order valence-corrected chi connectivity index (χ3v) is 3.12. The summed E-state index contributed by atoms with van der Waals surface area (Å²) in [6.07, 6.45) is 2.83. The molecule has 1 nitrogen and oxygen atoms in total. The maximum absolute atomic E-state index is 3.48. The van der Waals surface area contributed by atoms with Gasteiger partial charge in [0.1, 0.15) is 0 Å². The lowest BCUT2D eigenvalue weighted by Gasteiger charge is -2.14. The van der Waals surface area contributed by atoms with Gasteiger partial charge in [-0.15, -0.1) is 0 Å². The highest BCUT2D eigenvalue weighted by molar-refractivity contribution is 5.09. The Balaban J connectivity index is 1.99. The molecule has 1 aliphatic heterocycles. The van der Waals surface area contributed by atoms with E-state index < -0.39 is 0 Å². The zero-order valence-electron chi connectivity index (χ0n) is 6.22. The number of piperidine rings is 1. The van der Waals surface area contributed by atoms with Gasteiger partial charge in [-0.3, -0.25) is 0 Å². The molecular formula is C8H15N. The second kappa shape index (κ2) is 1.72. The van der Waals surface area contributed by atoms with Gasteiger partial charge in [0.05, 0.1) is 0 Å². The first-order valence-corrected chi connectivity index (χ1v) is 4.09. The van der Waals surface area contributed by atoms with Crippen LogP contribution in [-0.2, 0) is 0 Å². The van der Waals surface area contributed by atoms with Gasteiger partial charge < -0.3 is 5.32 Å². The van der Waals surface area contributed by atoms with Crippen molar-refractivity contribution < 1.29 is 0 Å². The van der Waals surface area contributed by atoms with E-state index in [1.807, 2.05) is 0 Å². The Kier molecular flexibility index (Phi) is 1.10. The fraction of sp³-hybridized carbons (Fsp3) is 1.00. The van der Waals surface area contributed by atoms with Crippen molar-refractivity contribution in [3.63, 3.8) is 0 Å². The second-order valence-corrected chi connectivity index (χ2v) is 3.56. The molecule has 9 heavy (non-hydrogen) atoms. The third-order valence-electron chi connectivity index (χ3n) is 3.12. The molecule has 0 amide bonds. The molecule has 1 heterocycles. The van der Waals surface area contributed by atoms with Gasteiger partial charge in [0.2, 0.25) is 0 Å². The summed E-state index contributed by atoms with van der Waals surface area (Å²) in [5.41, 5.74) is 0. The van der Waals surface area contributed by atoms with Crippen LogP contribution in [0.15, 0.2) is 0 Å². The number of hydrogen-bond donors (Lipinski definition) is 1. The van der Waals surface area contributed by atoms with Crippen molar-refractivity contribution in [1.29, 1.82) is 0 Å². The minimum Gasteiger partial charge on any atom is -0.308 e. The molecule has 1 heteroatoms. The van der Waals surface area contributed by atoms with Gasteiger partial charge in [-0.25, -0.2) is 0 Å². The number of hydrogen-bond acceptors (Lipinski definition) is 1. The van der Waals surface area contributed by atoms with Crippen molar-refractivity contribution in [2.24, 2.45) is 11.8 Å². The van der Waals surface area contributed by atoms with Crippen LogP contribution >= 0.6 is 0 Å². The normalized spacial score (nSPS) is 55.3. The molecule has 52 valence electrons. The summed E-state index contributed by atoms with van der Waals surface area (Å²) in [4.78, 5) is 0. The lowest BCUT2D eigenvalue weighted by molar-refractivity contribution is 0.367. The van der Waals surface area contributed by atoms with Crippen LogP contribution in [0.1, 0.15) is 26.7 Å². The first-order chi connectivity index (χ1) is 4.33. The number of nitrogens with one attached hydrogen (secondary N) is 1. The van der Waals surface area contributed by atoms with E-state index in [-0.39, 0.29) is 0 Å². The summed E-state index contributed by atoms with van der Waals surface area (Å²) in [5, 5.41) is 3.48. The highest BCUT2D eigenvalue weighted by atomic mass is 15.2. The van der Waals surface area contributed by atoms with E-state index in [1.54, 1.807) is 0 Å². The smallest absolute Gasteiger partial charge is 0.0252 e. The summed E-state index contributed by atoms with van der Waals surface area (Å²) >= 11 is 0. The lowest BCUT2D eigenvalue weighted by Crippen LogP contribution is -2.14. The molecule has 0 aromatic rings. The zero-order chi connectivity index (χ0) is 6.43. The van der Waals surface area contributed by atoms with Crippen LogP contribution in [0.25, 0.3) is 0 Å². The van der Waals surface area contributed by atoms with E-state index in [4.69, 9.17) is 0 Å². The van der Waals surface area contributed by atoms with Crippen LogP contribution in [0.3, 0.4) is 0 Å². The molecule has 1 N–H and O–H groups in total. The molecule has 2 fully saturated rings. The monoisotopic (exact) mass is 125 g/mol. The molecule has 0 aromatic heterocycles. The number of rotatable bonds is 1. The predicted molar refractivity (Wildman–Crippen MR) is 38.3 cm³/mol. The summed E-state index contributed by atoms with van der Waals surface area (Å²) in [7, 11) is 0. The van der Waals surface area contributed by atoms with E-state index in [9.17, 15) is 0 Å². The summed E-state index contributed by atoms with van der Waals surface area (Å²) in [6, 6.07) is 1.83. The Morgan fingerprint density at radius 3 is 2.67 bits per heavy atom. The standard InChI is InChI=1S/C8H15N/c1-3-6-4-7-8(9-7)5(6)2/h5-9H,3-4H2,1-2H3. The molecule has 1 saturated heterocycles. The Morgan fingerprint density at radius 2 is 2.33 bits per heavy atom. The van der Waals surface area contributed by atoms with Gasteiger partial charge in [0.15, 0.2) is 0 Å². The molecule has 0 spiro atoms. The SMILES string of the molecule is CCC1CC2NC2C1C. The number of fused-ring (bicyclic) bond motifs is 1. The van der Waals surface area contributed by atoms with Gasteiger partial charge in [0.25, 0.3) is 0 Å². The fourth-order valence-corrected chi connectivity index (χ4v) is 2.30. The summed E-state index contributed by atoms with van der Waals surface area (Å²) in [6.45, 7) is 4.70. The predicted octanol–water partition coefficient (Wildman–Crippen LogP) is 1.39. The molecule has 0 radical (unpaired) electrons. The average Bonchev–Trinajstić information content (AvgIpc) is 2.55. The molecule has 4 atom stereocenters. The maximum Gasteiger partial charge on any atom is 0.0252 e. The first-order valence-electron chi connectivity index (χ1n) is 4.09. The van der Waals surface area contributed by atoms with Gasteiger partial charge >= 0.3 is 0 Å². The zero-order valence-corrected chi connectivity index (χ0v) is 6.22. The Morgan fingerprint density at radius 1 is 1.56 bits per heavy atom. The van der Waals surface area contributed by atoms with E-state index in [1.165, 1.54) is 12.8 Å². The molecule has 2 aliphatic rings. The van der Waals surface area contributed by atoms with E-state index in [2.05, 4.69) is 19.2 Å². The van der Waals surface area contributed by atoms with Crippen LogP contribution in [0.2, 0.25) is 0 Å². The van der Waals surface area contributed by atoms with Crippen molar-refractivity contribution in [3.05, 3.63) is 0 Å². The first kappa shape index (κ1) is 5.72. The highest BCUT2D eigenvalue weighted by Gasteiger charge is 2.49. The Bertz CT molecular complexity index is 122. The van der Waals surface area contributed by atoms with Gasteiger partial charge in [-0.2, -0.15) is 0 Å². The molecule has 1 aliphatic carbocycles. The van der Waals surface area contributed by atoms with Crippen molar-refractivity contribution in [3.8, 4) is 0 Å². The van der Waals surface area contributed by atoms with Crippen molar-refractivity contribution >= 4 is 0 Å². The van der Waals surface area contributed by atoms with E-state index in [0.717, 1.165) is 23.9 Å². The van der Waals surface area contributed by atoms with Crippen LogP contribution in [-0.4, -0.2) is 12.1 Å². The Labute approximate surface area is 56.8 Å². The van der Waals surface area contributed by atoms with Gasteiger partial charge in [-0.05, 0) is 18.3 Å². The second-order valence-electron chi connectivity index (χ2n) is 3.56. The van der Waals surface area contributed by atoms with Crippen LogP contribution in [0.5, 0.6) is 0 Å². The lowest BCUT2D eigenvalue weighted by atomic mass is 9.94. The van der Waals surface area contributed by atoms with Crippen molar-refractivity contribution in [2.75, 3.05) is 0 Å². The van der Waals surface area contributed by atoms with Crippen LogP contribution in [0, 0.1) is 11.8 Å². The van der Waals surface area contributed by atoms with Crippen molar-refractivity contribution in [1.82, 2.24) is 5.32 Å². The van der Waals surface area contributed by atoms with Crippen molar-refractivity contribution in [2.45, 2.75) is 38.8 Å². The quantitative estimate of drug-likeness (QED) is 0.526. The molecule has 0 aromatic carbocycles. The molecule has 0 bridgehead atoms. The average molecular weight is 125 g/mol. The Hall–Kier alpha value is -0.0400. The van der Waals surface area contributed by atoms with Crippen LogP contribution in [0.4, 0.5) is 0 Å². The minimum atomic E-state index is 0.912. The van der Waals surface area contributed by atoms with Crippen LogP contribution < -0.4 is 5.32 Å². The highest BCUT2D eigenvalue weighted by Crippen LogP contribution is 2.41. The fourth-order valence-electron chi connectivity index (χ4n) is 2.30. The topological polar surface area (TPSA) is 21.9 Å². The van der Waals surface area contributed by atoms with Gasteiger partial charge in [-0.1, -0.05) is 20.3 Å². The summed E-state index contributed by atoms with van der Waals surface area (Å²) in [5.74, 6) is 1.99. The largest absolute Gasteiger partial charge is 0.308 e. The van der Waals surface area contributed by atoms with E-state index in [0.29, 0.717) is 0 Å². The molecule has 1 saturated carbocycles. The molecule has 2 rings (SSSR count). The summed E-state index contributed by atoms with van der Waals surface area (Å²) < 4.78 is 0. The third kappa shape index (κ3) is 0.710. The van der Waals surface area contributed by atoms with Gasteiger partial charge in [0, 0.05) is 12.1 Å². The molecular weight excluding hydrogens is 110 g/mol. The maximum atomic E-state index is 3.48. The molecule has 4 unspecified atom stereocenters. The minimum absolute atomic E-state index is 0.912.